The van der Waals surface area contributed by atoms with Gasteiger partial charge in [0.1, 0.15) is 6.10 Å². The number of benzene rings is 1. The maximum atomic E-state index is 11.0. The Bertz CT molecular complexity index is 569. The van der Waals surface area contributed by atoms with E-state index in [1.807, 2.05) is 0 Å². The van der Waals surface area contributed by atoms with Gasteiger partial charge in [-0.2, -0.15) is 0 Å². The van der Waals surface area contributed by atoms with Crippen LogP contribution < -0.4 is 0 Å². The Kier molecular flexibility index (Phi) is 3.92. The molecule has 0 fully saturated rings. The molecule has 0 aliphatic rings. The quantitative estimate of drug-likeness (QED) is 0.882. The molecule has 2 unspecified atom stereocenters. The smallest absolute Gasteiger partial charge is 0.310 e. The van der Waals surface area contributed by atoms with Gasteiger partial charge in [-0.1, -0.05) is 30.3 Å². The second-order valence-corrected chi connectivity index (χ2v) is 4.42. The fourth-order valence-corrected chi connectivity index (χ4v) is 1.87. The summed E-state index contributed by atoms with van der Waals surface area (Å²) >= 11 is 0. The lowest BCUT2D eigenvalue weighted by Gasteiger charge is -2.13. The van der Waals surface area contributed by atoms with E-state index in [2.05, 4.69) is 4.98 Å². The molecule has 0 radical (unpaired) electrons. The van der Waals surface area contributed by atoms with Crippen molar-refractivity contribution in [3.63, 3.8) is 0 Å². The SMILES string of the molecule is CC(C(=O)O)c1cccc(C(O)c2cccnc2)c1. The lowest BCUT2D eigenvalue weighted by Crippen LogP contribution is -2.08. The molecule has 0 aliphatic heterocycles. The van der Waals surface area contributed by atoms with Crippen molar-refractivity contribution in [3.8, 4) is 0 Å². The first-order valence-electron chi connectivity index (χ1n) is 6.00. The third-order valence-corrected chi connectivity index (χ3v) is 3.10. The topological polar surface area (TPSA) is 70.4 Å². The van der Waals surface area contributed by atoms with Crippen molar-refractivity contribution < 1.29 is 15.0 Å². The largest absolute Gasteiger partial charge is 0.481 e. The second kappa shape index (κ2) is 5.63. The number of hydrogen-bond donors (Lipinski definition) is 2. The number of carboxylic acid groups (broad SMARTS) is 1. The molecule has 1 aromatic carbocycles. The van der Waals surface area contributed by atoms with E-state index < -0.39 is 18.0 Å². The zero-order valence-electron chi connectivity index (χ0n) is 10.5. The Labute approximate surface area is 111 Å². The highest BCUT2D eigenvalue weighted by molar-refractivity contribution is 5.75. The van der Waals surface area contributed by atoms with E-state index in [1.54, 1.807) is 55.7 Å². The molecule has 0 amide bonds. The Morgan fingerprint density at radius 1 is 1.16 bits per heavy atom. The van der Waals surface area contributed by atoms with Crippen LogP contribution in [0.25, 0.3) is 0 Å². The van der Waals surface area contributed by atoms with Gasteiger partial charge in [-0.15, -0.1) is 0 Å². The molecule has 2 atom stereocenters. The summed E-state index contributed by atoms with van der Waals surface area (Å²) in [7, 11) is 0. The standard InChI is InChI=1S/C15H15NO3/c1-10(15(18)19)11-4-2-5-12(8-11)14(17)13-6-3-7-16-9-13/h2-10,14,17H,1H3,(H,18,19). The molecular formula is C15H15NO3. The van der Waals surface area contributed by atoms with Crippen molar-refractivity contribution in [1.82, 2.24) is 4.98 Å². The van der Waals surface area contributed by atoms with Crippen LogP contribution in [0.3, 0.4) is 0 Å². The third kappa shape index (κ3) is 2.98. The minimum absolute atomic E-state index is 0.596. The summed E-state index contributed by atoms with van der Waals surface area (Å²) in [6, 6.07) is 10.5. The summed E-state index contributed by atoms with van der Waals surface area (Å²) in [4.78, 5) is 14.9. The molecule has 0 saturated carbocycles. The third-order valence-electron chi connectivity index (χ3n) is 3.10. The maximum absolute atomic E-state index is 11.0. The number of carbonyl (C=O) groups is 1. The highest BCUT2D eigenvalue weighted by atomic mass is 16.4. The van der Waals surface area contributed by atoms with Gasteiger partial charge in [0.25, 0.3) is 0 Å². The van der Waals surface area contributed by atoms with E-state index in [1.165, 1.54) is 0 Å². The first-order chi connectivity index (χ1) is 9.09. The summed E-state index contributed by atoms with van der Waals surface area (Å²) in [6.45, 7) is 1.62. The van der Waals surface area contributed by atoms with Crippen LogP contribution in [0.1, 0.15) is 35.6 Å². The molecule has 1 heterocycles. The van der Waals surface area contributed by atoms with E-state index in [0.717, 1.165) is 0 Å². The number of carboxylic acids is 1. The Hall–Kier alpha value is -2.20. The van der Waals surface area contributed by atoms with Gasteiger partial charge in [-0.25, -0.2) is 0 Å². The number of aliphatic hydroxyl groups excluding tert-OH is 1. The molecule has 0 saturated heterocycles. The number of aliphatic carboxylic acids is 1. The average molecular weight is 257 g/mol. The van der Waals surface area contributed by atoms with Gasteiger partial charge >= 0.3 is 5.97 Å². The van der Waals surface area contributed by atoms with Gasteiger partial charge in [0.15, 0.2) is 0 Å². The molecule has 0 bridgehead atoms. The molecule has 0 aliphatic carbocycles. The van der Waals surface area contributed by atoms with E-state index in [-0.39, 0.29) is 0 Å². The van der Waals surface area contributed by atoms with Crippen LogP contribution >= 0.6 is 0 Å². The predicted octanol–water partition coefficient (Wildman–Crippen LogP) is 2.35. The molecule has 98 valence electrons. The van der Waals surface area contributed by atoms with Crippen molar-refractivity contribution in [2.45, 2.75) is 18.9 Å². The highest BCUT2D eigenvalue weighted by Gasteiger charge is 2.16. The number of aliphatic hydroxyl groups is 1. The molecule has 4 nitrogen and oxygen atoms in total. The van der Waals surface area contributed by atoms with Gasteiger partial charge in [-0.05, 0) is 24.1 Å². The molecule has 1 aromatic heterocycles. The normalized spacial score (nSPS) is 13.8. The number of pyridine rings is 1. The molecule has 19 heavy (non-hydrogen) atoms. The molecule has 2 rings (SSSR count). The van der Waals surface area contributed by atoms with Crippen molar-refractivity contribution in [2.24, 2.45) is 0 Å². The van der Waals surface area contributed by atoms with E-state index in [4.69, 9.17) is 5.11 Å². The van der Waals surface area contributed by atoms with E-state index in [9.17, 15) is 9.90 Å². The van der Waals surface area contributed by atoms with Crippen LogP contribution in [0.2, 0.25) is 0 Å². The van der Waals surface area contributed by atoms with Gasteiger partial charge in [-0.3, -0.25) is 9.78 Å². The molecule has 0 spiro atoms. The zero-order valence-corrected chi connectivity index (χ0v) is 10.5. The van der Waals surface area contributed by atoms with E-state index >= 15 is 0 Å². The molecule has 4 heteroatoms. The van der Waals surface area contributed by atoms with Crippen LogP contribution in [-0.4, -0.2) is 21.2 Å². The van der Waals surface area contributed by atoms with Crippen molar-refractivity contribution in [3.05, 3.63) is 65.5 Å². The van der Waals surface area contributed by atoms with Gasteiger partial charge < -0.3 is 10.2 Å². The lowest BCUT2D eigenvalue weighted by atomic mass is 9.95. The summed E-state index contributed by atoms with van der Waals surface area (Å²) in [6.07, 6.45) is 2.44. The Morgan fingerprint density at radius 3 is 2.47 bits per heavy atom. The minimum atomic E-state index is -0.881. The average Bonchev–Trinajstić information content (AvgIpc) is 2.46. The van der Waals surface area contributed by atoms with Crippen molar-refractivity contribution >= 4 is 5.97 Å². The first kappa shape index (κ1) is 13.2. The molecule has 2 N–H and O–H groups in total. The first-order valence-corrected chi connectivity index (χ1v) is 6.00. The van der Waals surface area contributed by atoms with Crippen LogP contribution in [-0.2, 0) is 4.79 Å². The maximum Gasteiger partial charge on any atom is 0.310 e. The molecule has 2 aromatic rings. The van der Waals surface area contributed by atoms with Gasteiger partial charge in [0.2, 0.25) is 0 Å². The summed E-state index contributed by atoms with van der Waals surface area (Å²) < 4.78 is 0. The van der Waals surface area contributed by atoms with E-state index in [0.29, 0.717) is 16.7 Å². The minimum Gasteiger partial charge on any atom is -0.481 e. The van der Waals surface area contributed by atoms with Crippen molar-refractivity contribution in [1.29, 1.82) is 0 Å². The molecular weight excluding hydrogens is 242 g/mol. The van der Waals surface area contributed by atoms with Crippen molar-refractivity contribution in [2.75, 3.05) is 0 Å². The fourth-order valence-electron chi connectivity index (χ4n) is 1.87. The summed E-state index contributed by atoms with van der Waals surface area (Å²) in [5.41, 5.74) is 2.02. The fraction of sp³-hybridized carbons (Fsp3) is 0.200. The van der Waals surface area contributed by atoms with Gasteiger partial charge in [0, 0.05) is 18.0 Å². The van der Waals surface area contributed by atoms with Crippen LogP contribution in [0.4, 0.5) is 0 Å². The lowest BCUT2D eigenvalue weighted by molar-refractivity contribution is -0.138. The Morgan fingerprint density at radius 2 is 1.84 bits per heavy atom. The Balaban J connectivity index is 2.31. The zero-order chi connectivity index (χ0) is 13.8. The highest BCUT2D eigenvalue weighted by Crippen LogP contribution is 2.24. The van der Waals surface area contributed by atoms with Crippen LogP contribution in [0, 0.1) is 0 Å². The van der Waals surface area contributed by atoms with Crippen LogP contribution in [0.15, 0.2) is 48.8 Å². The summed E-state index contributed by atoms with van der Waals surface area (Å²) in [5, 5.41) is 19.3. The number of hydrogen-bond acceptors (Lipinski definition) is 3. The second-order valence-electron chi connectivity index (χ2n) is 4.42. The summed E-state index contributed by atoms with van der Waals surface area (Å²) in [5.74, 6) is -1.48. The number of rotatable bonds is 4. The van der Waals surface area contributed by atoms with Crippen LogP contribution in [0.5, 0.6) is 0 Å². The number of nitrogens with zero attached hydrogens (tertiary/aromatic N) is 1. The monoisotopic (exact) mass is 257 g/mol. The predicted molar refractivity (Wildman–Crippen MR) is 70.8 cm³/mol. The number of aromatic nitrogens is 1. The van der Waals surface area contributed by atoms with Gasteiger partial charge in [0.05, 0.1) is 5.92 Å².